The lowest BCUT2D eigenvalue weighted by Gasteiger charge is -2.35. The molecule has 100 valence electrons. The maximum absolute atomic E-state index is 10.8. The highest BCUT2D eigenvalue weighted by Gasteiger charge is 2.21. The van der Waals surface area contributed by atoms with Gasteiger partial charge in [0.05, 0.1) is 10.6 Å². The fourth-order valence-corrected chi connectivity index (χ4v) is 3.02. The predicted molar refractivity (Wildman–Crippen MR) is 78.3 cm³/mol. The quantitative estimate of drug-likeness (QED) is 0.615. The average Bonchev–Trinajstić information content (AvgIpc) is 2.21. The lowest BCUT2D eigenvalue weighted by Crippen LogP contribution is -2.37. The minimum atomic E-state index is -0.364. The number of anilines is 1. The number of nitro groups is 1. The van der Waals surface area contributed by atoms with Crippen molar-refractivity contribution in [2.24, 2.45) is 0 Å². The van der Waals surface area contributed by atoms with Crippen LogP contribution in [0.3, 0.4) is 0 Å². The number of rotatable bonds is 4. The van der Waals surface area contributed by atoms with Crippen molar-refractivity contribution in [1.29, 1.82) is 0 Å². The molecule has 1 aromatic rings. The predicted octanol–water partition coefficient (Wildman–Crippen LogP) is 4.29. The first-order chi connectivity index (χ1) is 8.25. The average molecular weight is 315 g/mol. The third kappa shape index (κ3) is 3.02. The van der Waals surface area contributed by atoms with Crippen molar-refractivity contribution in [2.45, 2.75) is 46.7 Å². The van der Waals surface area contributed by atoms with E-state index in [4.69, 9.17) is 0 Å². The van der Waals surface area contributed by atoms with Gasteiger partial charge in [-0.2, -0.15) is 0 Å². The van der Waals surface area contributed by atoms with E-state index in [2.05, 4.69) is 48.5 Å². The molecule has 0 saturated carbocycles. The van der Waals surface area contributed by atoms with Gasteiger partial charge in [-0.15, -0.1) is 0 Å². The molecule has 0 aliphatic heterocycles. The Morgan fingerprint density at radius 1 is 1.22 bits per heavy atom. The maximum Gasteiger partial charge on any atom is 0.270 e. The van der Waals surface area contributed by atoms with Gasteiger partial charge in [-0.05, 0) is 56.1 Å². The van der Waals surface area contributed by atoms with Crippen LogP contribution < -0.4 is 4.90 Å². The van der Waals surface area contributed by atoms with Crippen LogP contribution in [0.25, 0.3) is 0 Å². The molecule has 0 aliphatic carbocycles. The maximum atomic E-state index is 10.8. The third-order valence-corrected chi connectivity index (χ3v) is 3.42. The zero-order valence-corrected chi connectivity index (χ0v) is 13.0. The fraction of sp³-hybridized carbons (Fsp3) is 0.538. The van der Waals surface area contributed by atoms with E-state index in [1.54, 1.807) is 12.1 Å². The van der Waals surface area contributed by atoms with Crippen LogP contribution in [0.5, 0.6) is 0 Å². The standard InChI is InChI=1S/C13H19BrN2O2/c1-8(2)15(9(3)4)13-10(5)6-11(16(17)18)7-12(13)14/h6-9H,1-5H3. The molecule has 0 heterocycles. The number of aryl methyl sites for hydroxylation is 1. The lowest BCUT2D eigenvalue weighted by molar-refractivity contribution is -0.385. The van der Waals surface area contributed by atoms with Crippen LogP contribution in [0, 0.1) is 17.0 Å². The third-order valence-electron chi connectivity index (χ3n) is 2.82. The van der Waals surface area contributed by atoms with E-state index < -0.39 is 0 Å². The Labute approximate surface area is 116 Å². The summed E-state index contributed by atoms with van der Waals surface area (Å²) in [4.78, 5) is 12.7. The fourth-order valence-electron chi connectivity index (χ4n) is 2.26. The summed E-state index contributed by atoms with van der Waals surface area (Å²) in [6.07, 6.45) is 0. The van der Waals surface area contributed by atoms with Crippen molar-refractivity contribution in [3.05, 3.63) is 32.3 Å². The number of benzene rings is 1. The Bertz CT molecular complexity index is 427. The largest absolute Gasteiger partial charge is 0.366 e. The Kier molecular flexibility index (Phi) is 4.73. The van der Waals surface area contributed by atoms with Crippen LogP contribution in [0.4, 0.5) is 11.4 Å². The van der Waals surface area contributed by atoms with Gasteiger partial charge in [-0.3, -0.25) is 10.1 Å². The zero-order valence-electron chi connectivity index (χ0n) is 11.4. The Hall–Kier alpha value is -1.10. The van der Waals surface area contributed by atoms with Gasteiger partial charge in [0.1, 0.15) is 0 Å². The first kappa shape index (κ1) is 15.0. The van der Waals surface area contributed by atoms with Gasteiger partial charge in [-0.1, -0.05) is 0 Å². The Morgan fingerprint density at radius 3 is 2.06 bits per heavy atom. The van der Waals surface area contributed by atoms with Crippen molar-refractivity contribution >= 4 is 27.3 Å². The first-order valence-corrected chi connectivity index (χ1v) is 6.77. The van der Waals surface area contributed by atoms with Gasteiger partial charge in [-0.25, -0.2) is 0 Å². The van der Waals surface area contributed by atoms with Gasteiger partial charge >= 0.3 is 0 Å². The van der Waals surface area contributed by atoms with Gasteiger partial charge < -0.3 is 4.90 Å². The van der Waals surface area contributed by atoms with Crippen LogP contribution in [0.2, 0.25) is 0 Å². The zero-order chi connectivity index (χ0) is 14.0. The van der Waals surface area contributed by atoms with Crippen molar-refractivity contribution in [2.75, 3.05) is 4.90 Å². The molecule has 0 aromatic heterocycles. The minimum absolute atomic E-state index is 0.121. The van der Waals surface area contributed by atoms with E-state index in [9.17, 15) is 10.1 Å². The van der Waals surface area contributed by atoms with Crippen molar-refractivity contribution < 1.29 is 4.92 Å². The summed E-state index contributed by atoms with van der Waals surface area (Å²) in [5.41, 5.74) is 2.07. The Balaban J connectivity index is 3.36. The van der Waals surface area contributed by atoms with E-state index in [1.165, 1.54) is 0 Å². The summed E-state index contributed by atoms with van der Waals surface area (Å²) in [5.74, 6) is 0. The van der Waals surface area contributed by atoms with Crippen molar-refractivity contribution in [3.8, 4) is 0 Å². The van der Waals surface area contributed by atoms with Gasteiger partial charge in [0.2, 0.25) is 0 Å². The molecule has 0 bridgehead atoms. The van der Waals surface area contributed by atoms with Gasteiger partial charge in [0, 0.05) is 28.7 Å². The molecule has 1 rings (SSSR count). The molecule has 18 heavy (non-hydrogen) atoms. The lowest BCUT2D eigenvalue weighted by atomic mass is 10.1. The van der Waals surface area contributed by atoms with E-state index >= 15 is 0 Å². The molecule has 0 radical (unpaired) electrons. The van der Waals surface area contributed by atoms with Crippen LogP contribution in [0.15, 0.2) is 16.6 Å². The monoisotopic (exact) mass is 314 g/mol. The molecule has 0 N–H and O–H groups in total. The van der Waals surface area contributed by atoms with E-state index in [0.29, 0.717) is 12.1 Å². The second-order valence-corrected chi connectivity index (χ2v) is 5.80. The van der Waals surface area contributed by atoms with Crippen LogP contribution in [-0.4, -0.2) is 17.0 Å². The molecule has 1 aromatic carbocycles. The topological polar surface area (TPSA) is 46.4 Å². The highest BCUT2D eigenvalue weighted by Crippen LogP contribution is 2.36. The summed E-state index contributed by atoms with van der Waals surface area (Å²) in [7, 11) is 0. The molecule has 0 aliphatic rings. The molecular formula is C13H19BrN2O2. The number of nitrogens with zero attached hydrogens (tertiary/aromatic N) is 2. The highest BCUT2D eigenvalue weighted by atomic mass is 79.9. The minimum Gasteiger partial charge on any atom is -0.366 e. The molecule has 0 atom stereocenters. The number of nitro benzene ring substituents is 1. The van der Waals surface area contributed by atoms with Crippen LogP contribution in [-0.2, 0) is 0 Å². The molecule has 0 saturated heterocycles. The van der Waals surface area contributed by atoms with E-state index in [0.717, 1.165) is 15.7 Å². The van der Waals surface area contributed by atoms with Crippen molar-refractivity contribution in [1.82, 2.24) is 0 Å². The van der Waals surface area contributed by atoms with Crippen LogP contribution >= 0.6 is 15.9 Å². The number of hydrogen-bond donors (Lipinski definition) is 0. The second kappa shape index (κ2) is 5.69. The van der Waals surface area contributed by atoms with Gasteiger partial charge in [0.25, 0.3) is 5.69 Å². The summed E-state index contributed by atoms with van der Waals surface area (Å²) in [6, 6.07) is 3.86. The Morgan fingerprint density at radius 2 is 1.72 bits per heavy atom. The summed E-state index contributed by atoms with van der Waals surface area (Å²) in [6.45, 7) is 10.4. The summed E-state index contributed by atoms with van der Waals surface area (Å²) >= 11 is 3.46. The molecule has 0 fully saturated rings. The summed E-state index contributed by atoms with van der Waals surface area (Å²) < 4.78 is 0.775. The molecular weight excluding hydrogens is 296 g/mol. The first-order valence-electron chi connectivity index (χ1n) is 5.98. The number of hydrogen-bond acceptors (Lipinski definition) is 3. The van der Waals surface area contributed by atoms with E-state index in [1.807, 2.05) is 6.92 Å². The molecule has 4 nitrogen and oxygen atoms in total. The van der Waals surface area contributed by atoms with Gasteiger partial charge in [0.15, 0.2) is 0 Å². The number of non-ortho nitro benzene ring substituents is 1. The van der Waals surface area contributed by atoms with Crippen molar-refractivity contribution in [3.63, 3.8) is 0 Å². The normalized spacial score (nSPS) is 11.1. The second-order valence-electron chi connectivity index (χ2n) is 4.94. The van der Waals surface area contributed by atoms with Crippen LogP contribution in [0.1, 0.15) is 33.3 Å². The molecule has 0 spiro atoms. The SMILES string of the molecule is Cc1cc([N+](=O)[O-])cc(Br)c1N(C(C)C)C(C)C. The molecule has 5 heteroatoms. The highest BCUT2D eigenvalue weighted by molar-refractivity contribution is 9.10. The molecule has 0 unspecified atom stereocenters. The van der Waals surface area contributed by atoms with E-state index in [-0.39, 0.29) is 10.6 Å². The summed E-state index contributed by atoms with van der Waals surface area (Å²) in [5, 5.41) is 10.8. The number of halogens is 1. The molecule has 0 amide bonds. The smallest absolute Gasteiger partial charge is 0.270 e.